The van der Waals surface area contributed by atoms with E-state index in [1.54, 1.807) is 23.2 Å². The lowest BCUT2D eigenvalue weighted by Gasteiger charge is -2.31. The van der Waals surface area contributed by atoms with Crippen LogP contribution >= 0.6 is 0 Å². The first-order chi connectivity index (χ1) is 10.0. The number of anilines is 1. The zero-order valence-corrected chi connectivity index (χ0v) is 12.7. The molecule has 6 heteroatoms. The van der Waals surface area contributed by atoms with Crippen molar-refractivity contribution in [3.05, 3.63) is 23.9 Å². The third kappa shape index (κ3) is 3.51. The molecule has 1 aliphatic rings. The summed E-state index contributed by atoms with van der Waals surface area (Å²) in [5, 5.41) is 0. The van der Waals surface area contributed by atoms with Crippen molar-refractivity contribution in [2.75, 3.05) is 39.2 Å². The molecule has 114 valence electrons. The zero-order valence-electron chi connectivity index (χ0n) is 12.7. The minimum atomic E-state index is -0.240. The standard InChI is InChI=1S/C15H21N3O3/c1-17(2)13-9-11(6-7-16-13)14(19)18-8-4-5-12(10-18)15(20)21-3/h6-7,9,12H,4-5,8,10H2,1-3H3. The van der Waals surface area contributed by atoms with Crippen molar-refractivity contribution in [1.29, 1.82) is 0 Å². The van der Waals surface area contributed by atoms with Crippen molar-refractivity contribution < 1.29 is 14.3 Å². The average molecular weight is 291 g/mol. The lowest BCUT2D eigenvalue weighted by atomic mass is 9.97. The lowest BCUT2D eigenvalue weighted by molar-refractivity contribution is -0.146. The molecule has 1 fully saturated rings. The Labute approximate surface area is 124 Å². The summed E-state index contributed by atoms with van der Waals surface area (Å²) in [4.78, 5) is 32.0. The zero-order chi connectivity index (χ0) is 15.4. The van der Waals surface area contributed by atoms with Gasteiger partial charge in [0.1, 0.15) is 5.82 Å². The normalized spacial score (nSPS) is 18.2. The summed E-state index contributed by atoms with van der Waals surface area (Å²) in [6.45, 7) is 1.09. The van der Waals surface area contributed by atoms with Crippen molar-refractivity contribution in [3.8, 4) is 0 Å². The first kappa shape index (κ1) is 15.3. The minimum absolute atomic E-state index is 0.0610. The van der Waals surface area contributed by atoms with Crippen molar-refractivity contribution in [2.24, 2.45) is 5.92 Å². The number of carbonyl (C=O) groups is 2. The lowest BCUT2D eigenvalue weighted by Crippen LogP contribution is -2.42. The molecular formula is C15H21N3O3. The molecule has 0 saturated carbocycles. The number of aromatic nitrogens is 1. The van der Waals surface area contributed by atoms with E-state index in [0.717, 1.165) is 18.7 Å². The maximum Gasteiger partial charge on any atom is 0.310 e. The van der Waals surface area contributed by atoms with Crippen molar-refractivity contribution >= 4 is 17.7 Å². The number of hydrogen-bond donors (Lipinski definition) is 0. The number of likely N-dealkylation sites (tertiary alicyclic amines) is 1. The molecule has 1 atom stereocenters. The van der Waals surface area contributed by atoms with Gasteiger partial charge >= 0.3 is 5.97 Å². The molecule has 2 rings (SSSR count). The summed E-state index contributed by atoms with van der Waals surface area (Å²) in [6.07, 6.45) is 3.22. The molecule has 0 aliphatic carbocycles. The Bertz CT molecular complexity index is 531. The van der Waals surface area contributed by atoms with E-state index in [-0.39, 0.29) is 17.8 Å². The Morgan fingerprint density at radius 1 is 1.43 bits per heavy atom. The molecule has 1 aromatic heterocycles. The Hall–Kier alpha value is -2.11. The van der Waals surface area contributed by atoms with Crippen LogP contribution in [-0.2, 0) is 9.53 Å². The van der Waals surface area contributed by atoms with E-state index in [1.165, 1.54) is 7.11 Å². The minimum Gasteiger partial charge on any atom is -0.469 e. The SMILES string of the molecule is COC(=O)C1CCCN(C(=O)c2ccnc(N(C)C)c2)C1. The van der Waals surface area contributed by atoms with Crippen LogP contribution in [0.1, 0.15) is 23.2 Å². The molecule has 1 saturated heterocycles. The summed E-state index contributed by atoms with van der Waals surface area (Å²) in [5.74, 6) is 0.218. The number of nitrogens with zero attached hydrogens (tertiary/aromatic N) is 3. The van der Waals surface area contributed by atoms with E-state index in [1.807, 2.05) is 19.0 Å². The van der Waals surface area contributed by atoms with Gasteiger partial charge in [0.15, 0.2) is 0 Å². The maximum atomic E-state index is 12.6. The molecule has 1 unspecified atom stereocenters. The predicted octanol–water partition coefficient (Wildman–Crippen LogP) is 1.17. The molecule has 0 spiro atoms. The third-order valence-electron chi connectivity index (χ3n) is 3.69. The van der Waals surface area contributed by atoms with Gasteiger partial charge in [-0.3, -0.25) is 9.59 Å². The highest BCUT2D eigenvalue weighted by molar-refractivity contribution is 5.95. The summed E-state index contributed by atoms with van der Waals surface area (Å²) in [5.41, 5.74) is 0.596. The molecule has 0 N–H and O–H groups in total. The summed E-state index contributed by atoms with van der Waals surface area (Å²) >= 11 is 0. The van der Waals surface area contributed by atoms with Gasteiger partial charge in [-0.15, -0.1) is 0 Å². The fourth-order valence-corrected chi connectivity index (χ4v) is 2.50. The van der Waals surface area contributed by atoms with Crippen LogP contribution in [0.4, 0.5) is 5.82 Å². The van der Waals surface area contributed by atoms with Gasteiger partial charge in [0.25, 0.3) is 5.91 Å². The molecule has 21 heavy (non-hydrogen) atoms. The number of hydrogen-bond acceptors (Lipinski definition) is 5. The number of pyridine rings is 1. The van der Waals surface area contributed by atoms with Crippen LogP contribution in [0.25, 0.3) is 0 Å². The van der Waals surface area contributed by atoms with E-state index in [2.05, 4.69) is 4.98 Å². The fourth-order valence-electron chi connectivity index (χ4n) is 2.50. The van der Waals surface area contributed by atoms with Gasteiger partial charge in [0, 0.05) is 38.9 Å². The number of amides is 1. The maximum absolute atomic E-state index is 12.6. The Morgan fingerprint density at radius 2 is 2.19 bits per heavy atom. The van der Waals surface area contributed by atoms with Crippen LogP contribution in [0.15, 0.2) is 18.3 Å². The highest BCUT2D eigenvalue weighted by Crippen LogP contribution is 2.20. The van der Waals surface area contributed by atoms with E-state index >= 15 is 0 Å². The van der Waals surface area contributed by atoms with Crippen LogP contribution in [-0.4, -0.2) is 56.1 Å². The number of piperidine rings is 1. The number of rotatable bonds is 3. The molecule has 6 nitrogen and oxygen atoms in total. The summed E-state index contributed by atoms with van der Waals surface area (Å²) in [6, 6.07) is 3.47. The molecule has 1 aromatic rings. The first-order valence-corrected chi connectivity index (χ1v) is 7.03. The van der Waals surface area contributed by atoms with Gasteiger partial charge in [0.05, 0.1) is 13.0 Å². The van der Waals surface area contributed by atoms with Gasteiger partial charge < -0.3 is 14.5 Å². The van der Waals surface area contributed by atoms with Crippen LogP contribution in [0.3, 0.4) is 0 Å². The summed E-state index contributed by atoms with van der Waals surface area (Å²) in [7, 11) is 5.14. The number of ether oxygens (including phenoxy) is 1. The molecule has 1 amide bonds. The molecule has 0 aromatic carbocycles. The Morgan fingerprint density at radius 3 is 2.86 bits per heavy atom. The second kappa shape index (κ2) is 6.56. The molecule has 1 aliphatic heterocycles. The summed E-state index contributed by atoms with van der Waals surface area (Å²) < 4.78 is 4.78. The van der Waals surface area contributed by atoms with Crippen LogP contribution in [0.5, 0.6) is 0 Å². The van der Waals surface area contributed by atoms with Crippen molar-refractivity contribution in [3.63, 3.8) is 0 Å². The number of methoxy groups -OCH3 is 1. The van der Waals surface area contributed by atoms with E-state index in [4.69, 9.17) is 4.74 Å². The third-order valence-corrected chi connectivity index (χ3v) is 3.69. The van der Waals surface area contributed by atoms with E-state index in [0.29, 0.717) is 18.7 Å². The van der Waals surface area contributed by atoms with Crippen LogP contribution in [0, 0.1) is 5.92 Å². The molecule has 2 heterocycles. The number of carbonyl (C=O) groups excluding carboxylic acids is 2. The highest BCUT2D eigenvalue weighted by atomic mass is 16.5. The van der Waals surface area contributed by atoms with Crippen molar-refractivity contribution in [1.82, 2.24) is 9.88 Å². The van der Waals surface area contributed by atoms with Gasteiger partial charge in [-0.25, -0.2) is 4.98 Å². The Kier molecular flexibility index (Phi) is 4.77. The first-order valence-electron chi connectivity index (χ1n) is 7.03. The quantitative estimate of drug-likeness (QED) is 0.782. The largest absolute Gasteiger partial charge is 0.469 e. The van der Waals surface area contributed by atoms with Gasteiger partial charge in [-0.2, -0.15) is 0 Å². The Balaban J connectivity index is 2.12. The van der Waals surface area contributed by atoms with Crippen LogP contribution in [0.2, 0.25) is 0 Å². The molecular weight excluding hydrogens is 270 g/mol. The number of esters is 1. The van der Waals surface area contributed by atoms with Gasteiger partial charge in [-0.1, -0.05) is 0 Å². The van der Waals surface area contributed by atoms with E-state index < -0.39 is 0 Å². The second-order valence-electron chi connectivity index (χ2n) is 5.41. The van der Waals surface area contributed by atoms with Crippen molar-refractivity contribution in [2.45, 2.75) is 12.8 Å². The molecule has 0 bridgehead atoms. The van der Waals surface area contributed by atoms with Gasteiger partial charge in [0.2, 0.25) is 0 Å². The second-order valence-corrected chi connectivity index (χ2v) is 5.41. The molecule has 0 radical (unpaired) electrons. The van der Waals surface area contributed by atoms with E-state index in [9.17, 15) is 9.59 Å². The highest BCUT2D eigenvalue weighted by Gasteiger charge is 2.29. The topological polar surface area (TPSA) is 62.7 Å². The predicted molar refractivity (Wildman–Crippen MR) is 79.2 cm³/mol. The van der Waals surface area contributed by atoms with Crippen LogP contribution < -0.4 is 4.90 Å². The fraction of sp³-hybridized carbons (Fsp3) is 0.533. The average Bonchev–Trinajstić information content (AvgIpc) is 2.53. The monoisotopic (exact) mass is 291 g/mol. The smallest absolute Gasteiger partial charge is 0.310 e. The van der Waals surface area contributed by atoms with Gasteiger partial charge in [-0.05, 0) is 25.0 Å².